The lowest BCUT2D eigenvalue weighted by Gasteiger charge is -2.35. The third-order valence-electron chi connectivity index (χ3n) is 8.77. The Morgan fingerprint density at radius 3 is 2.27 bits per heavy atom. The average molecular weight is 587 g/mol. The molecule has 2 fully saturated rings. The Bertz CT molecular complexity index is 1660. The first-order valence-electron chi connectivity index (χ1n) is 14.1. The van der Waals surface area contributed by atoms with Crippen molar-refractivity contribution in [2.24, 2.45) is 10.6 Å². The van der Waals surface area contributed by atoms with Crippen molar-refractivity contribution < 1.29 is 13.6 Å². The molecule has 0 aromatic heterocycles. The van der Waals surface area contributed by atoms with Crippen molar-refractivity contribution in [1.29, 1.82) is 5.26 Å². The first-order valence-corrected chi connectivity index (χ1v) is 16.4. The van der Waals surface area contributed by atoms with Crippen molar-refractivity contribution in [2.75, 3.05) is 31.1 Å². The molecule has 3 aliphatic rings. The highest BCUT2D eigenvalue weighted by Crippen LogP contribution is 2.43. The number of oxime groups is 1. The summed E-state index contributed by atoms with van der Waals surface area (Å²) >= 11 is 1.66. The van der Waals surface area contributed by atoms with Gasteiger partial charge in [-0.3, -0.25) is 0 Å². The molecule has 41 heavy (non-hydrogen) atoms. The van der Waals surface area contributed by atoms with E-state index in [1.807, 2.05) is 42.5 Å². The van der Waals surface area contributed by atoms with Gasteiger partial charge >= 0.3 is 0 Å². The minimum absolute atomic E-state index is 0.189. The lowest BCUT2D eigenvalue weighted by molar-refractivity contribution is 0.246. The summed E-state index contributed by atoms with van der Waals surface area (Å²) in [6.07, 6.45) is 3.15. The molecule has 9 heteroatoms. The van der Waals surface area contributed by atoms with Gasteiger partial charge in [0.05, 0.1) is 21.4 Å². The van der Waals surface area contributed by atoms with E-state index in [1.165, 1.54) is 0 Å². The number of anilines is 1. The number of hydrogen-bond acceptors (Lipinski definition) is 8. The van der Waals surface area contributed by atoms with Gasteiger partial charge in [-0.05, 0) is 90.6 Å². The Balaban J connectivity index is 1.18. The van der Waals surface area contributed by atoms with Crippen LogP contribution in [0.15, 0.2) is 75.6 Å². The molecule has 1 N–H and O–H groups in total. The topological polar surface area (TPSA) is 97.0 Å². The molecule has 1 saturated heterocycles. The Kier molecular flexibility index (Phi) is 7.35. The zero-order chi connectivity index (χ0) is 28.8. The SMILES string of the molecule is CC1(C)CCC(S(=O)(=O)c2ccc3c(c2)/C(=N/O)c2cc(SN4CCN(c5ccccc5C#N)CC4)ccc2-3)CC1. The van der Waals surface area contributed by atoms with Gasteiger partial charge in [0.25, 0.3) is 0 Å². The van der Waals surface area contributed by atoms with E-state index >= 15 is 0 Å². The number of fused-ring (bicyclic) bond motifs is 3. The number of piperazine rings is 1. The monoisotopic (exact) mass is 586 g/mol. The third kappa shape index (κ3) is 5.25. The second-order valence-corrected chi connectivity index (χ2v) is 15.3. The molecule has 3 aromatic rings. The van der Waals surface area contributed by atoms with Crippen LogP contribution in [0.25, 0.3) is 11.1 Å². The van der Waals surface area contributed by atoms with Gasteiger partial charge in [-0.25, -0.2) is 12.7 Å². The fraction of sp³-hybridized carbons (Fsp3) is 0.375. The van der Waals surface area contributed by atoms with E-state index in [4.69, 9.17) is 0 Å². The van der Waals surface area contributed by atoms with Gasteiger partial charge in [0.2, 0.25) is 0 Å². The predicted molar refractivity (Wildman–Crippen MR) is 163 cm³/mol. The van der Waals surface area contributed by atoms with Gasteiger partial charge < -0.3 is 10.1 Å². The molecule has 0 atom stereocenters. The Morgan fingerprint density at radius 2 is 1.59 bits per heavy atom. The largest absolute Gasteiger partial charge is 0.410 e. The first-order chi connectivity index (χ1) is 19.7. The lowest BCUT2D eigenvalue weighted by Crippen LogP contribution is -2.43. The molecule has 7 nitrogen and oxygen atoms in total. The molecule has 1 heterocycles. The molecular formula is C32H34N4O3S2. The molecule has 0 amide bonds. The molecule has 212 valence electrons. The summed E-state index contributed by atoms with van der Waals surface area (Å²) in [6.45, 7) is 7.72. The van der Waals surface area contributed by atoms with Crippen molar-refractivity contribution in [3.63, 3.8) is 0 Å². The molecule has 3 aromatic carbocycles. The van der Waals surface area contributed by atoms with Crippen molar-refractivity contribution in [3.05, 3.63) is 77.4 Å². The van der Waals surface area contributed by atoms with Crippen LogP contribution >= 0.6 is 11.9 Å². The van der Waals surface area contributed by atoms with E-state index in [0.29, 0.717) is 34.6 Å². The van der Waals surface area contributed by atoms with E-state index in [2.05, 4.69) is 40.3 Å². The van der Waals surface area contributed by atoms with Gasteiger partial charge in [-0.2, -0.15) is 5.26 Å². The molecule has 1 aliphatic heterocycles. The zero-order valence-corrected chi connectivity index (χ0v) is 25.0. The summed E-state index contributed by atoms with van der Waals surface area (Å²) < 4.78 is 29.4. The van der Waals surface area contributed by atoms with Gasteiger partial charge in [0, 0.05) is 42.2 Å². The highest BCUT2D eigenvalue weighted by atomic mass is 32.2. The van der Waals surface area contributed by atoms with Crippen LogP contribution in [0.3, 0.4) is 0 Å². The van der Waals surface area contributed by atoms with Crippen LogP contribution < -0.4 is 4.90 Å². The molecule has 0 spiro atoms. The average Bonchev–Trinajstić information content (AvgIpc) is 3.29. The second-order valence-electron chi connectivity index (χ2n) is 11.9. The number of benzene rings is 3. The summed E-state index contributed by atoms with van der Waals surface area (Å²) in [5.41, 5.74) is 5.57. The number of hydrogen-bond donors (Lipinski definition) is 1. The minimum Gasteiger partial charge on any atom is -0.410 e. The highest BCUT2D eigenvalue weighted by molar-refractivity contribution is 7.97. The quantitative estimate of drug-likeness (QED) is 0.166. The number of rotatable bonds is 5. The summed E-state index contributed by atoms with van der Waals surface area (Å²) in [7, 11) is -3.48. The van der Waals surface area contributed by atoms with Crippen molar-refractivity contribution in [1.82, 2.24) is 4.31 Å². The number of sulfone groups is 1. The van der Waals surface area contributed by atoms with Gasteiger partial charge in [0.1, 0.15) is 11.8 Å². The zero-order valence-electron chi connectivity index (χ0n) is 23.4. The fourth-order valence-corrected chi connectivity index (χ4v) is 9.01. The first kappa shape index (κ1) is 27.8. The molecule has 0 bridgehead atoms. The maximum absolute atomic E-state index is 13.6. The van der Waals surface area contributed by atoms with Gasteiger partial charge in [0.15, 0.2) is 9.84 Å². The molecule has 6 rings (SSSR count). The predicted octanol–water partition coefficient (Wildman–Crippen LogP) is 6.34. The van der Waals surface area contributed by atoms with E-state index in [0.717, 1.165) is 66.3 Å². The fourth-order valence-electron chi connectivity index (χ4n) is 6.28. The lowest BCUT2D eigenvalue weighted by atomic mass is 9.77. The van der Waals surface area contributed by atoms with Crippen molar-refractivity contribution in [2.45, 2.75) is 54.6 Å². The van der Waals surface area contributed by atoms with Gasteiger partial charge in [-0.15, -0.1) is 0 Å². The van der Waals surface area contributed by atoms with Crippen LogP contribution in [0.1, 0.15) is 56.2 Å². The summed E-state index contributed by atoms with van der Waals surface area (Å²) in [6, 6.07) is 21.4. The maximum atomic E-state index is 13.6. The van der Waals surface area contributed by atoms with Crippen LogP contribution in [-0.2, 0) is 9.84 Å². The summed E-state index contributed by atoms with van der Waals surface area (Å²) in [5, 5.41) is 22.8. The summed E-state index contributed by atoms with van der Waals surface area (Å²) in [4.78, 5) is 3.59. The van der Waals surface area contributed by atoms with Crippen LogP contribution in [0, 0.1) is 16.7 Å². The summed E-state index contributed by atoms with van der Waals surface area (Å²) in [5.74, 6) is 0. The van der Waals surface area contributed by atoms with E-state index in [1.54, 1.807) is 24.1 Å². The molecule has 0 radical (unpaired) electrons. The van der Waals surface area contributed by atoms with Crippen LogP contribution in [0.4, 0.5) is 5.69 Å². The third-order valence-corrected chi connectivity index (χ3v) is 12.1. The van der Waals surface area contributed by atoms with E-state index in [9.17, 15) is 18.9 Å². The standard InChI is InChI=1S/C32H34N4O3S2/c1-32(2)13-11-24(12-14-32)41(38,39)25-8-10-27-26-9-7-23(19-28(26)31(34-37)29(27)20-25)40-36-17-15-35(16-18-36)30-6-4-3-5-22(30)21-33/h3-10,19-20,24,37H,11-18H2,1-2H3/b34-31+. The van der Waals surface area contributed by atoms with Crippen LogP contribution in [0.5, 0.6) is 0 Å². The minimum atomic E-state index is -3.48. The Morgan fingerprint density at radius 1 is 0.927 bits per heavy atom. The number of para-hydroxylation sites is 1. The highest BCUT2D eigenvalue weighted by Gasteiger charge is 2.36. The normalized spacial score (nSPS) is 20.0. The Hall–Kier alpha value is -3.32. The van der Waals surface area contributed by atoms with Crippen LogP contribution in [0.2, 0.25) is 0 Å². The van der Waals surface area contributed by atoms with E-state index in [-0.39, 0.29) is 10.7 Å². The van der Waals surface area contributed by atoms with E-state index < -0.39 is 9.84 Å². The number of nitriles is 1. The second kappa shape index (κ2) is 10.8. The molecule has 1 saturated carbocycles. The number of nitrogens with zero attached hydrogens (tertiary/aromatic N) is 4. The maximum Gasteiger partial charge on any atom is 0.181 e. The van der Waals surface area contributed by atoms with Gasteiger partial charge in [-0.1, -0.05) is 43.3 Å². The van der Waals surface area contributed by atoms with Crippen LogP contribution in [-0.4, -0.2) is 55.1 Å². The van der Waals surface area contributed by atoms with Crippen molar-refractivity contribution >= 4 is 33.2 Å². The smallest absolute Gasteiger partial charge is 0.181 e. The molecule has 0 unspecified atom stereocenters. The molecular weight excluding hydrogens is 553 g/mol. The van der Waals surface area contributed by atoms with Crippen molar-refractivity contribution in [3.8, 4) is 17.2 Å². The Labute approximate surface area is 246 Å². The molecule has 2 aliphatic carbocycles.